The largest absolute Gasteiger partial charge is 0.396 e. The monoisotopic (exact) mass is 249 g/mol. The minimum atomic E-state index is -0.890. The van der Waals surface area contributed by atoms with E-state index in [0.29, 0.717) is 6.42 Å². The summed E-state index contributed by atoms with van der Waals surface area (Å²) in [5, 5.41) is 29.1. The molecule has 0 radical (unpaired) electrons. The van der Waals surface area contributed by atoms with Crippen molar-refractivity contribution in [2.75, 3.05) is 6.61 Å². The second-order valence-electron chi connectivity index (χ2n) is 4.74. The normalized spacial score (nSPS) is 32.2. The Morgan fingerprint density at radius 1 is 1.33 bits per heavy atom. The van der Waals surface area contributed by atoms with Gasteiger partial charge in [0.05, 0.1) is 30.2 Å². The van der Waals surface area contributed by atoms with E-state index in [0.717, 1.165) is 11.0 Å². The summed E-state index contributed by atoms with van der Waals surface area (Å²) in [6, 6.07) is 1.57. The zero-order chi connectivity index (χ0) is 12.7. The minimum Gasteiger partial charge on any atom is -0.396 e. The summed E-state index contributed by atoms with van der Waals surface area (Å²) in [4.78, 5) is 8.21. The number of aromatic nitrogens is 3. The molecule has 3 rings (SSSR count). The van der Waals surface area contributed by atoms with Crippen molar-refractivity contribution in [2.45, 2.75) is 24.7 Å². The fourth-order valence-electron chi connectivity index (χ4n) is 2.70. The van der Waals surface area contributed by atoms with E-state index in [9.17, 15) is 15.3 Å². The molecule has 18 heavy (non-hydrogen) atoms. The van der Waals surface area contributed by atoms with Crippen molar-refractivity contribution in [2.24, 2.45) is 5.92 Å². The van der Waals surface area contributed by atoms with Crippen molar-refractivity contribution in [1.82, 2.24) is 14.5 Å². The standard InChI is InChI=1S/C12H15N3O3/c16-5-7-3-10(12(18)11(7)17)15-6-14-8-4-13-2-1-9(8)15/h1-2,4,6-7,10-12,16-18H,3,5H2/t7-,10-,11+,12?/m1/s1. The van der Waals surface area contributed by atoms with E-state index in [1.54, 1.807) is 18.7 Å². The number of nitrogens with zero attached hydrogens (tertiary/aromatic N) is 3. The molecule has 0 aliphatic heterocycles. The molecule has 2 heterocycles. The van der Waals surface area contributed by atoms with Crippen LogP contribution >= 0.6 is 0 Å². The molecular formula is C12H15N3O3. The third-order valence-corrected chi connectivity index (χ3v) is 3.74. The molecule has 6 heteroatoms. The lowest BCUT2D eigenvalue weighted by Crippen LogP contribution is -2.30. The van der Waals surface area contributed by atoms with Gasteiger partial charge in [0.1, 0.15) is 11.6 Å². The minimum absolute atomic E-state index is 0.122. The predicted octanol–water partition coefficient (Wildman–Crippen LogP) is -0.294. The van der Waals surface area contributed by atoms with Crippen molar-refractivity contribution in [3.05, 3.63) is 24.8 Å². The first kappa shape index (κ1) is 11.6. The van der Waals surface area contributed by atoms with Crippen molar-refractivity contribution >= 4 is 11.0 Å². The van der Waals surface area contributed by atoms with Gasteiger partial charge in [-0.3, -0.25) is 4.98 Å². The number of imidazole rings is 1. The number of aliphatic hydroxyl groups is 3. The van der Waals surface area contributed by atoms with E-state index in [2.05, 4.69) is 9.97 Å². The van der Waals surface area contributed by atoms with Crippen LogP contribution in [0.1, 0.15) is 12.5 Å². The summed E-state index contributed by atoms with van der Waals surface area (Å²) < 4.78 is 1.85. The molecule has 1 unspecified atom stereocenters. The van der Waals surface area contributed by atoms with Crippen molar-refractivity contribution < 1.29 is 15.3 Å². The average molecular weight is 249 g/mol. The van der Waals surface area contributed by atoms with E-state index in [4.69, 9.17) is 0 Å². The molecule has 0 saturated heterocycles. The number of pyridine rings is 1. The Labute approximate surface area is 104 Å². The van der Waals surface area contributed by atoms with Gasteiger partial charge in [-0.05, 0) is 12.5 Å². The van der Waals surface area contributed by atoms with Gasteiger partial charge < -0.3 is 19.9 Å². The fourth-order valence-corrected chi connectivity index (χ4v) is 2.70. The number of fused-ring (bicyclic) bond motifs is 1. The van der Waals surface area contributed by atoms with Crippen LogP contribution in [0.5, 0.6) is 0 Å². The van der Waals surface area contributed by atoms with Crippen LogP contribution in [0.25, 0.3) is 11.0 Å². The molecule has 96 valence electrons. The van der Waals surface area contributed by atoms with Crippen LogP contribution in [-0.4, -0.2) is 48.7 Å². The van der Waals surface area contributed by atoms with Crippen LogP contribution in [0, 0.1) is 5.92 Å². The molecule has 0 amide bonds. The highest BCUT2D eigenvalue weighted by atomic mass is 16.3. The quantitative estimate of drug-likeness (QED) is 0.680. The number of aliphatic hydroxyl groups excluding tert-OH is 3. The zero-order valence-electron chi connectivity index (χ0n) is 9.72. The Balaban J connectivity index is 2.00. The molecule has 6 nitrogen and oxygen atoms in total. The van der Waals surface area contributed by atoms with Crippen molar-refractivity contribution in [3.8, 4) is 0 Å². The second kappa shape index (κ2) is 4.31. The average Bonchev–Trinajstić information content (AvgIpc) is 2.93. The highest BCUT2D eigenvalue weighted by molar-refractivity contribution is 5.73. The molecule has 1 fully saturated rings. The van der Waals surface area contributed by atoms with Gasteiger partial charge in [-0.2, -0.15) is 0 Å². The zero-order valence-corrected chi connectivity index (χ0v) is 9.72. The van der Waals surface area contributed by atoms with Crippen LogP contribution in [0.4, 0.5) is 0 Å². The first-order valence-corrected chi connectivity index (χ1v) is 5.96. The highest BCUT2D eigenvalue weighted by Crippen LogP contribution is 2.36. The smallest absolute Gasteiger partial charge is 0.107 e. The molecule has 1 aliphatic carbocycles. The van der Waals surface area contributed by atoms with E-state index in [1.807, 2.05) is 10.6 Å². The fraction of sp³-hybridized carbons (Fsp3) is 0.500. The highest BCUT2D eigenvalue weighted by Gasteiger charge is 2.42. The maximum Gasteiger partial charge on any atom is 0.107 e. The van der Waals surface area contributed by atoms with E-state index in [1.165, 1.54) is 0 Å². The van der Waals surface area contributed by atoms with E-state index < -0.39 is 12.2 Å². The second-order valence-corrected chi connectivity index (χ2v) is 4.74. The van der Waals surface area contributed by atoms with Crippen LogP contribution in [0.2, 0.25) is 0 Å². The molecule has 3 N–H and O–H groups in total. The number of hydrogen-bond acceptors (Lipinski definition) is 5. The first-order chi connectivity index (χ1) is 8.72. The van der Waals surface area contributed by atoms with Crippen molar-refractivity contribution in [1.29, 1.82) is 0 Å². The predicted molar refractivity (Wildman–Crippen MR) is 63.8 cm³/mol. The van der Waals surface area contributed by atoms with Gasteiger partial charge in [0.2, 0.25) is 0 Å². The molecule has 0 spiro atoms. The first-order valence-electron chi connectivity index (χ1n) is 5.96. The summed E-state index contributed by atoms with van der Waals surface area (Å²) in [5.41, 5.74) is 1.63. The topological polar surface area (TPSA) is 91.4 Å². The molecule has 2 aromatic rings. The Hall–Kier alpha value is -1.50. The van der Waals surface area contributed by atoms with Gasteiger partial charge in [0, 0.05) is 18.7 Å². The third-order valence-electron chi connectivity index (χ3n) is 3.74. The van der Waals surface area contributed by atoms with E-state index in [-0.39, 0.29) is 18.6 Å². The van der Waals surface area contributed by atoms with Gasteiger partial charge >= 0.3 is 0 Å². The lowest BCUT2D eigenvalue weighted by atomic mass is 10.1. The third kappa shape index (κ3) is 1.61. The Bertz CT molecular complexity index is 556. The molecule has 1 saturated carbocycles. The van der Waals surface area contributed by atoms with Crippen LogP contribution in [0.15, 0.2) is 24.8 Å². The van der Waals surface area contributed by atoms with Gasteiger partial charge in [-0.1, -0.05) is 0 Å². The molecule has 0 bridgehead atoms. The van der Waals surface area contributed by atoms with Gasteiger partial charge in [-0.25, -0.2) is 4.98 Å². The molecule has 4 atom stereocenters. The number of rotatable bonds is 2. The SMILES string of the molecule is OC[C@H]1C[C@@H](n2cnc3cnccc32)C(O)[C@H]1O. The number of hydrogen-bond donors (Lipinski definition) is 3. The van der Waals surface area contributed by atoms with E-state index >= 15 is 0 Å². The maximum atomic E-state index is 10.1. The summed E-state index contributed by atoms with van der Waals surface area (Å²) >= 11 is 0. The maximum absolute atomic E-state index is 10.1. The summed E-state index contributed by atoms with van der Waals surface area (Å²) in [6.07, 6.45) is 3.74. The summed E-state index contributed by atoms with van der Waals surface area (Å²) in [6.45, 7) is -0.122. The lowest BCUT2D eigenvalue weighted by Gasteiger charge is -2.18. The lowest BCUT2D eigenvalue weighted by molar-refractivity contribution is -0.00365. The van der Waals surface area contributed by atoms with Gasteiger partial charge in [-0.15, -0.1) is 0 Å². The molecule has 1 aliphatic rings. The van der Waals surface area contributed by atoms with Crippen LogP contribution in [-0.2, 0) is 0 Å². The Kier molecular flexibility index (Phi) is 2.77. The summed E-state index contributed by atoms with van der Waals surface area (Å²) in [7, 11) is 0. The Morgan fingerprint density at radius 3 is 2.89 bits per heavy atom. The molecular weight excluding hydrogens is 234 g/mol. The van der Waals surface area contributed by atoms with Crippen LogP contribution in [0.3, 0.4) is 0 Å². The molecule has 0 aromatic carbocycles. The van der Waals surface area contributed by atoms with Crippen LogP contribution < -0.4 is 0 Å². The van der Waals surface area contributed by atoms with Crippen molar-refractivity contribution in [3.63, 3.8) is 0 Å². The van der Waals surface area contributed by atoms with Gasteiger partial charge in [0.15, 0.2) is 0 Å². The summed E-state index contributed by atoms with van der Waals surface area (Å²) in [5.74, 6) is -0.288. The van der Waals surface area contributed by atoms with Gasteiger partial charge in [0.25, 0.3) is 0 Å². The molecule has 2 aromatic heterocycles. The Morgan fingerprint density at radius 2 is 2.17 bits per heavy atom.